The van der Waals surface area contributed by atoms with Crippen LogP contribution < -0.4 is 4.90 Å². The maximum atomic E-state index is 9.66. The summed E-state index contributed by atoms with van der Waals surface area (Å²) in [6.45, 7) is 3.72. The smallest absolute Gasteiger partial charge is 0.180 e. The van der Waals surface area contributed by atoms with Crippen molar-refractivity contribution in [2.24, 2.45) is 5.92 Å². The first kappa shape index (κ1) is 12.9. The summed E-state index contributed by atoms with van der Waals surface area (Å²) < 4.78 is 2.79. The van der Waals surface area contributed by atoms with E-state index in [-0.39, 0.29) is 6.10 Å². The molecule has 1 N–H and O–H groups in total. The Kier molecular flexibility index (Phi) is 3.45. The highest BCUT2D eigenvalue weighted by atomic mass is 79.9. The summed E-state index contributed by atoms with van der Waals surface area (Å²) in [6, 6.07) is 0. The number of hydrogen-bond donors (Lipinski definition) is 1. The molecule has 0 spiro atoms. The van der Waals surface area contributed by atoms with E-state index in [4.69, 9.17) is 0 Å². The van der Waals surface area contributed by atoms with E-state index in [0.717, 1.165) is 42.0 Å². The van der Waals surface area contributed by atoms with Crippen LogP contribution in [0.2, 0.25) is 0 Å². The van der Waals surface area contributed by atoms with E-state index in [1.54, 1.807) is 6.20 Å². The summed E-state index contributed by atoms with van der Waals surface area (Å²) in [7, 11) is 0. The average Bonchev–Trinajstić information content (AvgIpc) is 2.85. The summed E-state index contributed by atoms with van der Waals surface area (Å²) in [5, 5.41) is 9.66. The largest absolute Gasteiger partial charge is 0.393 e. The van der Waals surface area contributed by atoms with E-state index in [9.17, 15) is 5.11 Å². The molecule has 5 nitrogen and oxygen atoms in total. The van der Waals surface area contributed by atoms with Crippen LogP contribution in [0.1, 0.15) is 19.8 Å². The molecule has 0 radical (unpaired) electrons. The number of rotatable bonds is 2. The van der Waals surface area contributed by atoms with E-state index in [0.29, 0.717) is 5.92 Å². The Balaban J connectivity index is 1.87. The summed E-state index contributed by atoms with van der Waals surface area (Å²) in [4.78, 5) is 11.2. The van der Waals surface area contributed by atoms with E-state index in [1.807, 2.05) is 23.7 Å². The first-order valence-electron chi connectivity index (χ1n) is 6.57. The van der Waals surface area contributed by atoms with Crippen molar-refractivity contribution in [3.05, 3.63) is 23.2 Å². The van der Waals surface area contributed by atoms with Crippen LogP contribution in [0.4, 0.5) is 5.82 Å². The number of hydrogen-bond acceptors (Lipinski definition) is 4. The van der Waals surface area contributed by atoms with Gasteiger partial charge in [0.2, 0.25) is 0 Å². The molecule has 19 heavy (non-hydrogen) atoms. The van der Waals surface area contributed by atoms with Crippen molar-refractivity contribution < 1.29 is 5.11 Å². The fourth-order valence-corrected chi connectivity index (χ4v) is 3.08. The van der Waals surface area contributed by atoms with Gasteiger partial charge in [0.05, 0.1) is 6.10 Å². The minimum absolute atomic E-state index is 0.218. The first-order valence-corrected chi connectivity index (χ1v) is 7.36. The molecule has 1 fully saturated rings. The van der Waals surface area contributed by atoms with Gasteiger partial charge in [-0.3, -0.25) is 0 Å². The minimum Gasteiger partial charge on any atom is -0.393 e. The Morgan fingerprint density at radius 3 is 2.84 bits per heavy atom. The third kappa shape index (κ3) is 2.47. The topological polar surface area (TPSA) is 53.7 Å². The maximum absolute atomic E-state index is 9.66. The highest BCUT2D eigenvalue weighted by Crippen LogP contribution is 2.27. The van der Waals surface area contributed by atoms with Gasteiger partial charge in [-0.15, -0.1) is 0 Å². The highest BCUT2D eigenvalue weighted by Gasteiger charge is 2.25. The number of nitrogens with zero attached hydrogens (tertiary/aromatic N) is 4. The van der Waals surface area contributed by atoms with E-state index in [1.165, 1.54) is 0 Å². The number of anilines is 1. The van der Waals surface area contributed by atoms with Crippen LogP contribution in [-0.4, -0.2) is 38.7 Å². The van der Waals surface area contributed by atoms with E-state index >= 15 is 0 Å². The minimum atomic E-state index is -0.218. The van der Waals surface area contributed by atoms with Gasteiger partial charge in [0.1, 0.15) is 4.60 Å². The molecular weight excluding hydrogens is 308 g/mol. The predicted octanol–water partition coefficient (Wildman–Crippen LogP) is 2.09. The van der Waals surface area contributed by atoms with E-state index < -0.39 is 0 Å². The van der Waals surface area contributed by atoms with Gasteiger partial charge in [-0.2, -0.15) is 0 Å². The van der Waals surface area contributed by atoms with Gasteiger partial charge in [0, 0.05) is 31.7 Å². The lowest BCUT2D eigenvalue weighted by atomic mass is 9.92. The van der Waals surface area contributed by atoms with Crippen LogP contribution in [0.25, 0.3) is 5.65 Å². The second-order valence-electron chi connectivity index (χ2n) is 5.11. The quantitative estimate of drug-likeness (QED) is 0.919. The van der Waals surface area contributed by atoms with Crippen LogP contribution in [-0.2, 0) is 0 Å². The lowest BCUT2D eigenvalue weighted by Gasteiger charge is -2.34. The molecule has 0 aromatic carbocycles. The molecule has 0 amide bonds. The molecule has 0 aliphatic carbocycles. The highest BCUT2D eigenvalue weighted by molar-refractivity contribution is 9.10. The van der Waals surface area contributed by atoms with Crippen molar-refractivity contribution >= 4 is 27.4 Å². The second-order valence-corrected chi connectivity index (χ2v) is 5.92. The molecule has 102 valence electrons. The summed E-state index contributed by atoms with van der Waals surface area (Å²) >= 11 is 3.44. The van der Waals surface area contributed by atoms with Gasteiger partial charge >= 0.3 is 0 Å². The van der Waals surface area contributed by atoms with Crippen LogP contribution in [0.15, 0.2) is 23.2 Å². The molecule has 1 aliphatic rings. The second kappa shape index (κ2) is 5.09. The zero-order valence-electron chi connectivity index (χ0n) is 10.8. The normalized spacial score (nSPS) is 19.0. The summed E-state index contributed by atoms with van der Waals surface area (Å²) in [6.07, 6.45) is 7.40. The van der Waals surface area contributed by atoms with Crippen molar-refractivity contribution in [2.75, 3.05) is 18.0 Å². The molecule has 3 heterocycles. The third-order valence-electron chi connectivity index (χ3n) is 3.85. The van der Waals surface area contributed by atoms with Gasteiger partial charge in [0.15, 0.2) is 11.5 Å². The summed E-state index contributed by atoms with van der Waals surface area (Å²) in [5.41, 5.74) is 0.888. The average molecular weight is 325 g/mol. The first-order chi connectivity index (χ1) is 9.15. The van der Waals surface area contributed by atoms with Crippen LogP contribution >= 0.6 is 15.9 Å². The maximum Gasteiger partial charge on any atom is 0.180 e. The zero-order chi connectivity index (χ0) is 13.4. The summed E-state index contributed by atoms with van der Waals surface area (Å²) in [5.74, 6) is 1.32. The monoisotopic (exact) mass is 324 g/mol. The molecule has 3 rings (SSSR count). The van der Waals surface area contributed by atoms with Gasteiger partial charge in [-0.25, -0.2) is 9.97 Å². The Labute approximate surface area is 120 Å². The Hall–Kier alpha value is -1.14. The third-order valence-corrected chi connectivity index (χ3v) is 4.23. The number of imidazole rings is 1. The zero-order valence-corrected chi connectivity index (χ0v) is 12.4. The van der Waals surface area contributed by atoms with Gasteiger partial charge in [-0.1, -0.05) is 0 Å². The molecular formula is C13H17BrN4O. The molecule has 0 bridgehead atoms. The van der Waals surface area contributed by atoms with Crippen molar-refractivity contribution in [1.29, 1.82) is 0 Å². The number of halogens is 1. The van der Waals surface area contributed by atoms with Crippen LogP contribution in [0.5, 0.6) is 0 Å². The number of aromatic nitrogens is 3. The number of piperidine rings is 1. The fraction of sp³-hybridized carbons (Fsp3) is 0.538. The molecule has 0 saturated carbocycles. The van der Waals surface area contributed by atoms with Crippen LogP contribution in [0.3, 0.4) is 0 Å². The predicted molar refractivity (Wildman–Crippen MR) is 77.3 cm³/mol. The van der Waals surface area contributed by atoms with Crippen molar-refractivity contribution in [2.45, 2.75) is 25.9 Å². The van der Waals surface area contributed by atoms with Gasteiger partial charge in [0.25, 0.3) is 0 Å². The fourth-order valence-electron chi connectivity index (χ4n) is 2.69. The molecule has 1 aliphatic heterocycles. The van der Waals surface area contributed by atoms with E-state index in [2.05, 4.69) is 30.8 Å². The molecule has 6 heteroatoms. The van der Waals surface area contributed by atoms with Gasteiger partial charge < -0.3 is 14.4 Å². The standard InChI is InChI=1S/C13H17BrN4O/c1-9(19)10-2-5-17(6-3-10)13-12-15-4-7-18(12)8-11(14)16-13/h4,7-10,19H,2-3,5-6H2,1H3. The Bertz CT molecular complexity index is 575. The van der Waals surface area contributed by atoms with Crippen molar-refractivity contribution in [3.63, 3.8) is 0 Å². The number of fused-ring (bicyclic) bond motifs is 1. The Morgan fingerprint density at radius 2 is 2.16 bits per heavy atom. The van der Waals surface area contributed by atoms with Crippen LogP contribution in [0, 0.1) is 5.92 Å². The SMILES string of the molecule is CC(O)C1CCN(c2nc(Br)cn3ccnc23)CC1. The molecule has 1 unspecified atom stereocenters. The van der Waals surface area contributed by atoms with Crippen molar-refractivity contribution in [3.8, 4) is 0 Å². The lowest BCUT2D eigenvalue weighted by molar-refractivity contribution is 0.110. The molecule has 2 aromatic heterocycles. The number of aliphatic hydroxyl groups excluding tert-OH is 1. The van der Waals surface area contributed by atoms with Gasteiger partial charge in [-0.05, 0) is 41.6 Å². The molecule has 1 atom stereocenters. The molecule has 1 saturated heterocycles. The van der Waals surface area contributed by atoms with Crippen molar-refractivity contribution in [1.82, 2.24) is 14.4 Å². The lowest BCUT2D eigenvalue weighted by Crippen LogP contribution is -2.37. The molecule has 2 aromatic rings. The number of aliphatic hydroxyl groups is 1. The Morgan fingerprint density at radius 1 is 1.42 bits per heavy atom.